The Hall–Kier alpha value is -1.51. The predicted molar refractivity (Wildman–Crippen MR) is 126 cm³/mol. The van der Waals surface area contributed by atoms with E-state index in [0.717, 1.165) is 114 Å². The van der Waals surface area contributed by atoms with Crippen LogP contribution in [0.1, 0.15) is 56.4 Å². The highest BCUT2D eigenvalue weighted by Crippen LogP contribution is 2.29. The molecular formula is C25H40N4O3. The zero-order chi connectivity index (χ0) is 22.3. The van der Waals surface area contributed by atoms with Gasteiger partial charge in [-0.2, -0.15) is 0 Å². The Labute approximate surface area is 192 Å². The Bertz CT molecular complexity index is 789. The minimum atomic E-state index is -0.407. The highest BCUT2D eigenvalue weighted by molar-refractivity contribution is 5.72. The number of aliphatic hydroxyl groups is 1. The van der Waals surface area contributed by atoms with E-state index in [1.54, 1.807) is 0 Å². The molecule has 0 aromatic carbocycles. The lowest BCUT2D eigenvalue weighted by molar-refractivity contribution is 0.0274. The van der Waals surface area contributed by atoms with Crippen LogP contribution in [-0.4, -0.2) is 78.6 Å². The summed E-state index contributed by atoms with van der Waals surface area (Å²) in [7, 11) is 0. The number of likely N-dealkylation sites (tertiary alicyclic amines) is 1. The van der Waals surface area contributed by atoms with Crippen LogP contribution in [-0.2, 0) is 11.3 Å². The van der Waals surface area contributed by atoms with E-state index in [0.29, 0.717) is 5.92 Å². The molecule has 2 N–H and O–H groups in total. The molecule has 0 amide bonds. The number of nitrogens with zero attached hydrogens (tertiary/aromatic N) is 3. The molecule has 1 aliphatic carbocycles. The van der Waals surface area contributed by atoms with Gasteiger partial charge in [0.15, 0.2) is 0 Å². The first-order valence-electron chi connectivity index (χ1n) is 12.4. The number of nitrogens with one attached hydrogen (secondary N) is 1. The van der Waals surface area contributed by atoms with Gasteiger partial charge in [-0.05, 0) is 72.1 Å². The second-order valence-electron chi connectivity index (χ2n) is 9.48. The third kappa shape index (κ3) is 6.29. The molecule has 0 bridgehead atoms. The molecule has 2 saturated heterocycles. The monoisotopic (exact) mass is 444 g/mol. The van der Waals surface area contributed by atoms with Gasteiger partial charge in [0.05, 0.1) is 18.9 Å². The van der Waals surface area contributed by atoms with Gasteiger partial charge >= 0.3 is 0 Å². The van der Waals surface area contributed by atoms with E-state index in [1.165, 1.54) is 5.57 Å². The van der Waals surface area contributed by atoms with Crippen LogP contribution < -0.4 is 5.32 Å². The van der Waals surface area contributed by atoms with E-state index in [9.17, 15) is 5.11 Å². The number of hydrogen-bond acceptors (Lipinski definition) is 7. The number of piperidine rings is 1. The summed E-state index contributed by atoms with van der Waals surface area (Å²) in [6.45, 7) is 12.7. The van der Waals surface area contributed by atoms with Crippen molar-refractivity contribution >= 4 is 5.57 Å². The number of morpholine rings is 1. The molecule has 0 saturated carbocycles. The maximum Gasteiger partial charge on any atom is 0.226 e. The molecule has 7 heteroatoms. The molecule has 4 rings (SSSR count). The SMILES string of the molecule is CC1=C(c2nc(CN3CCC(C(O)NCCCN4CCOCC4)CC3)c(C)o2)C=CCC1. The maximum atomic E-state index is 10.6. The van der Waals surface area contributed by atoms with Crippen LogP contribution in [0.4, 0.5) is 0 Å². The van der Waals surface area contributed by atoms with Gasteiger partial charge in [0.2, 0.25) is 5.89 Å². The van der Waals surface area contributed by atoms with Gasteiger partial charge in [-0.25, -0.2) is 4.98 Å². The number of oxazole rings is 1. The first-order chi connectivity index (χ1) is 15.6. The fourth-order valence-corrected chi connectivity index (χ4v) is 4.90. The summed E-state index contributed by atoms with van der Waals surface area (Å²) in [5, 5.41) is 14.0. The van der Waals surface area contributed by atoms with Gasteiger partial charge in [0.25, 0.3) is 0 Å². The molecule has 1 aromatic heterocycles. The third-order valence-corrected chi connectivity index (χ3v) is 7.11. The molecule has 0 spiro atoms. The Morgan fingerprint density at radius 2 is 1.94 bits per heavy atom. The van der Waals surface area contributed by atoms with E-state index in [-0.39, 0.29) is 0 Å². The third-order valence-electron chi connectivity index (χ3n) is 7.11. The molecule has 2 aliphatic heterocycles. The Morgan fingerprint density at radius 3 is 2.69 bits per heavy atom. The number of hydrogen-bond donors (Lipinski definition) is 2. The number of aliphatic hydroxyl groups excluding tert-OH is 1. The number of allylic oxidation sites excluding steroid dienone is 4. The average Bonchev–Trinajstić information content (AvgIpc) is 3.18. The second kappa shape index (κ2) is 11.6. The Morgan fingerprint density at radius 1 is 1.16 bits per heavy atom. The van der Waals surface area contributed by atoms with E-state index < -0.39 is 6.23 Å². The summed E-state index contributed by atoms with van der Waals surface area (Å²) >= 11 is 0. The molecule has 1 unspecified atom stereocenters. The van der Waals surface area contributed by atoms with Gasteiger partial charge in [0, 0.05) is 31.1 Å². The van der Waals surface area contributed by atoms with E-state index in [1.807, 2.05) is 6.92 Å². The first kappa shape index (κ1) is 23.6. The minimum absolute atomic E-state index is 0.323. The lowest BCUT2D eigenvalue weighted by Gasteiger charge is -2.34. The highest BCUT2D eigenvalue weighted by Gasteiger charge is 2.26. The van der Waals surface area contributed by atoms with Crippen LogP contribution in [0.3, 0.4) is 0 Å². The Balaban J connectivity index is 1.18. The summed E-state index contributed by atoms with van der Waals surface area (Å²) < 4.78 is 11.4. The summed E-state index contributed by atoms with van der Waals surface area (Å²) in [6, 6.07) is 0. The number of ether oxygens (including phenoxy) is 1. The van der Waals surface area contributed by atoms with Crippen LogP contribution in [0.25, 0.3) is 5.57 Å². The van der Waals surface area contributed by atoms with Crippen LogP contribution in [0.2, 0.25) is 0 Å². The first-order valence-corrected chi connectivity index (χ1v) is 12.4. The van der Waals surface area contributed by atoms with Crippen LogP contribution in [0, 0.1) is 12.8 Å². The smallest absolute Gasteiger partial charge is 0.226 e. The number of aryl methyl sites for hydroxylation is 1. The van der Waals surface area contributed by atoms with Crippen molar-refractivity contribution in [3.8, 4) is 0 Å². The fraction of sp³-hybridized carbons (Fsp3) is 0.720. The summed E-state index contributed by atoms with van der Waals surface area (Å²) in [5.41, 5.74) is 3.54. The van der Waals surface area contributed by atoms with Gasteiger partial charge in [-0.1, -0.05) is 17.7 Å². The Kier molecular flexibility index (Phi) is 8.55. The van der Waals surface area contributed by atoms with Crippen molar-refractivity contribution in [3.63, 3.8) is 0 Å². The standard InChI is InChI=1S/C25H40N4O3/c1-19-6-3-4-7-22(19)25-27-23(20(2)32-25)18-29-12-8-21(9-13-29)24(30)26-10-5-11-28-14-16-31-17-15-28/h4,7,21,24,26,30H,3,5-6,8-18H2,1-2H3. The van der Waals surface area contributed by atoms with Gasteiger partial charge < -0.3 is 14.3 Å². The molecule has 32 heavy (non-hydrogen) atoms. The normalized spacial score (nSPS) is 22.6. The molecule has 1 aromatic rings. The summed E-state index contributed by atoms with van der Waals surface area (Å²) in [5.74, 6) is 2.00. The van der Waals surface area contributed by atoms with Crippen molar-refractivity contribution in [1.29, 1.82) is 0 Å². The summed E-state index contributed by atoms with van der Waals surface area (Å²) in [4.78, 5) is 9.71. The molecule has 7 nitrogen and oxygen atoms in total. The topological polar surface area (TPSA) is 74.0 Å². The zero-order valence-corrected chi connectivity index (χ0v) is 19.8. The fourth-order valence-electron chi connectivity index (χ4n) is 4.90. The largest absolute Gasteiger partial charge is 0.441 e. The molecule has 2 fully saturated rings. The minimum Gasteiger partial charge on any atom is -0.441 e. The zero-order valence-electron chi connectivity index (χ0n) is 19.8. The quantitative estimate of drug-likeness (QED) is 0.448. The molecule has 3 aliphatic rings. The van der Waals surface area contributed by atoms with Gasteiger partial charge in [-0.3, -0.25) is 15.1 Å². The van der Waals surface area contributed by atoms with Crippen molar-refractivity contribution in [2.45, 2.75) is 58.7 Å². The van der Waals surface area contributed by atoms with Gasteiger partial charge in [-0.15, -0.1) is 0 Å². The lowest BCUT2D eigenvalue weighted by Crippen LogP contribution is -2.44. The van der Waals surface area contributed by atoms with Crippen molar-refractivity contribution in [1.82, 2.24) is 20.1 Å². The molecule has 178 valence electrons. The maximum absolute atomic E-state index is 10.6. The number of aromatic nitrogens is 1. The van der Waals surface area contributed by atoms with Crippen molar-refractivity contribution in [2.75, 3.05) is 52.5 Å². The van der Waals surface area contributed by atoms with Crippen LogP contribution in [0.15, 0.2) is 22.1 Å². The molecular weight excluding hydrogens is 404 g/mol. The van der Waals surface area contributed by atoms with E-state index >= 15 is 0 Å². The van der Waals surface area contributed by atoms with Crippen molar-refractivity contribution in [2.24, 2.45) is 5.92 Å². The molecule has 0 radical (unpaired) electrons. The number of rotatable bonds is 9. The average molecular weight is 445 g/mol. The molecule has 3 heterocycles. The van der Waals surface area contributed by atoms with Gasteiger partial charge in [0.1, 0.15) is 12.0 Å². The lowest BCUT2D eigenvalue weighted by atomic mass is 9.94. The van der Waals surface area contributed by atoms with E-state index in [4.69, 9.17) is 14.1 Å². The van der Waals surface area contributed by atoms with E-state index in [2.05, 4.69) is 34.2 Å². The van der Waals surface area contributed by atoms with Crippen molar-refractivity contribution < 1.29 is 14.3 Å². The summed E-state index contributed by atoms with van der Waals surface area (Å²) in [6.07, 6.45) is 9.21. The highest BCUT2D eigenvalue weighted by atomic mass is 16.5. The molecule has 1 atom stereocenters. The second-order valence-corrected chi connectivity index (χ2v) is 9.48. The van der Waals surface area contributed by atoms with Crippen LogP contribution >= 0.6 is 0 Å². The van der Waals surface area contributed by atoms with Crippen LogP contribution in [0.5, 0.6) is 0 Å². The predicted octanol–water partition coefficient (Wildman–Crippen LogP) is 2.95. The van der Waals surface area contributed by atoms with Crippen molar-refractivity contribution in [3.05, 3.63) is 35.1 Å².